The van der Waals surface area contributed by atoms with Crippen molar-refractivity contribution in [1.82, 2.24) is 14.3 Å². The zero-order valence-electron chi connectivity index (χ0n) is 12.1. The lowest BCUT2D eigenvalue weighted by Crippen LogP contribution is -2.55. The van der Waals surface area contributed by atoms with E-state index in [0.29, 0.717) is 0 Å². The molecule has 1 saturated carbocycles. The van der Waals surface area contributed by atoms with Gasteiger partial charge in [-0.25, -0.2) is 0 Å². The van der Waals surface area contributed by atoms with Gasteiger partial charge < -0.3 is 5.32 Å². The summed E-state index contributed by atoms with van der Waals surface area (Å²) in [6.45, 7) is 3.03. The first-order valence-corrected chi connectivity index (χ1v) is 8.93. The van der Waals surface area contributed by atoms with Gasteiger partial charge in [0.2, 0.25) is 0 Å². The SMILES string of the molecule is CC1NCCCC1NS(=O)(=O)N(C)C1CCCCC1. The second-order valence-corrected chi connectivity index (χ2v) is 7.68. The summed E-state index contributed by atoms with van der Waals surface area (Å²) in [7, 11) is -1.63. The van der Waals surface area contributed by atoms with Crippen molar-refractivity contribution < 1.29 is 8.42 Å². The van der Waals surface area contributed by atoms with Crippen LogP contribution in [-0.2, 0) is 10.2 Å². The van der Waals surface area contributed by atoms with Crippen LogP contribution >= 0.6 is 0 Å². The van der Waals surface area contributed by atoms with Gasteiger partial charge in [0.1, 0.15) is 0 Å². The fraction of sp³-hybridized carbons (Fsp3) is 1.00. The molecule has 112 valence electrons. The van der Waals surface area contributed by atoms with E-state index in [1.165, 1.54) is 6.42 Å². The van der Waals surface area contributed by atoms with E-state index in [-0.39, 0.29) is 18.1 Å². The molecule has 0 radical (unpaired) electrons. The summed E-state index contributed by atoms with van der Waals surface area (Å²) < 4.78 is 29.3. The maximum atomic E-state index is 12.4. The van der Waals surface area contributed by atoms with E-state index in [1.54, 1.807) is 11.4 Å². The van der Waals surface area contributed by atoms with Crippen LogP contribution in [0.2, 0.25) is 0 Å². The number of piperidine rings is 1. The Kier molecular flexibility index (Phi) is 5.22. The van der Waals surface area contributed by atoms with Crippen molar-refractivity contribution in [3.63, 3.8) is 0 Å². The molecule has 1 aliphatic carbocycles. The van der Waals surface area contributed by atoms with Gasteiger partial charge in [0.15, 0.2) is 0 Å². The Bertz CT molecular complexity index is 379. The Morgan fingerprint density at radius 3 is 2.42 bits per heavy atom. The average molecular weight is 289 g/mol. The van der Waals surface area contributed by atoms with Crippen LogP contribution in [-0.4, -0.2) is 44.4 Å². The van der Waals surface area contributed by atoms with Crippen LogP contribution in [0, 0.1) is 0 Å². The van der Waals surface area contributed by atoms with Crippen LogP contribution < -0.4 is 10.0 Å². The molecule has 2 fully saturated rings. The number of hydrogen-bond acceptors (Lipinski definition) is 3. The lowest BCUT2D eigenvalue weighted by atomic mass is 9.96. The summed E-state index contributed by atoms with van der Waals surface area (Å²) in [5.41, 5.74) is 0. The molecule has 0 amide bonds. The third-order valence-corrected chi connectivity index (χ3v) is 6.19. The van der Waals surface area contributed by atoms with E-state index in [2.05, 4.69) is 10.0 Å². The maximum absolute atomic E-state index is 12.4. The van der Waals surface area contributed by atoms with Crippen LogP contribution in [0.1, 0.15) is 51.9 Å². The van der Waals surface area contributed by atoms with Crippen molar-refractivity contribution in [2.45, 2.75) is 70.0 Å². The lowest BCUT2D eigenvalue weighted by molar-refractivity contribution is 0.275. The van der Waals surface area contributed by atoms with Gasteiger partial charge in [-0.05, 0) is 39.2 Å². The van der Waals surface area contributed by atoms with Crippen LogP contribution in [0.4, 0.5) is 0 Å². The Labute approximate surface area is 117 Å². The van der Waals surface area contributed by atoms with Crippen LogP contribution in [0.15, 0.2) is 0 Å². The summed E-state index contributed by atoms with van der Waals surface area (Å²) in [5.74, 6) is 0. The molecule has 6 heteroatoms. The highest BCUT2D eigenvalue weighted by Gasteiger charge is 2.31. The lowest BCUT2D eigenvalue weighted by Gasteiger charge is -2.35. The van der Waals surface area contributed by atoms with E-state index in [1.807, 2.05) is 6.92 Å². The van der Waals surface area contributed by atoms with Crippen LogP contribution in [0.3, 0.4) is 0 Å². The predicted molar refractivity (Wildman–Crippen MR) is 77.2 cm³/mol. The molecule has 19 heavy (non-hydrogen) atoms. The van der Waals surface area contributed by atoms with E-state index < -0.39 is 10.2 Å². The minimum atomic E-state index is -3.35. The van der Waals surface area contributed by atoms with E-state index >= 15 is 0 Å². The van der Waals surface area contributed by atoms with Crippen LogP contribution in [0.5, 0.6) is 0 Å². The molecule has 0 aromatic rings. The first kappa shape index (κ1) is 15.2. The molecule has 2 atom stereocenters. The fourth-order valence-corrected chi connectivity index (χ4v) is 4.59. The van der Waals surface area contributed by atoms with Gasteiger partial charge in [0, 0.05) is 25.2 Å². The fourth-order valence-electron chi connectivity index (χ4n) is 3.12. The van der Waals surface area contributed by atoms with Crippen LogP contribution in [0.25, 0.3) is 0 Å². The van der Waals surface area contributed by atoms with Crippen molar-refractivity contribution in [2.75, 3.05) is 13.6 Å². The van der Waals surface area contributed by atoms with E-state index in [4.69, 9.17) is 0 Å². The standard InChI is InChI=1S/C13H27N3O2S/c1-11-13(9-6-10-14-11)15-19(17,18)16(2)12-7-4-3-5-8-12/h11-15H,3-10H2,1-2H3. The molecule has 2 aliphatic rings. The second-order valence-electron chi connectivity index (χ2n) is 5.92. The molecule has 2 N–H and O–H groups in total. The molecule has 1 saturated heterocycles. The summed E-state index contributed by atoms with van der Waals surface area (Å²) in [6, 6.07) is 0.408. The molecule has 0 bridgehead atoms. The van der Waals surface area contributed by atoms with Crippen molar-refractivity contribution >= 4 is 10.2 Å². The van der Waals surface area contributed by atoms with Crippen molar-refractivity contribution in [3.8, 4) is 0 Å². The zero-order valence-corrected chi connectivity index (χ0v) is 12.9. The van der Waals surface area contributed by atoms with Crippen molar-refractivity contribution in [1.29, 1.82) is 0 Å². The molecule has 0 spiro atoms. The molecule has 0 aromatic carbocycles. The highest BCUT2D eigenvalue weighted by atomic mass is 32.2. The Morgan fingerprint density at radius 2 is 1.79 bits per heavy atom. The van der Waals surface area contributed by atoms with Crippen molar-refractivity contribution in [2.24, 2.45) is 0 Å². The third-order valence-electron chi connectivity index (χ3n) is 4.53. The summed E-state index contributed by atoms with van der Waals surface area (Å²) in [5, 5.41) is 3.33. The number of nitrogens with zero attached hydrogens (tertiary/aromatic N) is 1. The smallest absolute Gasteiger partial charge is 0.279 e. The molecule has 5 nitrogen and oxygen atoms in total. The Balaban J connectivity index is 1.96. The van der Waals surface area contributed by atoms with Gasteiger partial charge in [-0.15, -0.1) is 0 Å². The largest absolute Gasteiger partial charge is 0.313 e. The summed E-state index contributed by atoms with van der Waals surface area (Å²) >= 11 is 0. The molecular weight excluding hydrogens is 262 g/mol. The van der Waals surface area contributed by atoms with Gasteiger partial charge >= 0.3 is 0 Å². The number of hydrogen-bond donors (Lipinski definition) is 2. The third kappa shape index (κ3) is 3.90. The quantitative estimate of drug-likeness (QED) is 0.818. The van der Waals surface area contributed by atoms with Gasteiger partial charge in [-0.3, -0.25) is 0 Å². The molecule has 1 heterocycles. The van der Waals surface area contributed by atoms with Gasteiger partial charge in [-0.2, -0.15) is 17.4 Å². The Morgan fingerprint density at radius 1 is 1.11 bits per heavy atom. The Hall–Kier alpha value is -0.170. The number of rotatable bonds is 4. The van der Waals surface area contributed by atoms with Gasteiger partial charge in [-0.1, -0.05) is 19.3 Å². The molecule has 0 aromatic heterocycles. The van der Waals surface area contributed by atoms with E-state index in [9.17, 15) is 8.42 Å². The number of nitrogens with one attached hydrogen (secondary N) is 2. The molecule has 2 rings (SSSR count). The molecule has 2 unspecified atom stereocenters. The second kappa shape index (κ2) is 6.52. The maximum Gasteiger partial charge on any atom is 0.279 e. The molecular formula is C13H27N3O2S. The predicted octanol–water partition coefficient (Wildman–Crippen LogP) is 1.23. The normalized spacial score (nSPS) is 30.7. The first-order chi connectivity index (χ1) is 9.00. The minimum absolute atomic E-state index is 0.0183. The first-order valence-electron chi connectivity index (χ1n) is 7.49. The highest BCUT2D eigenvalue weighted by Crippen LogP contribution is 2.23. The van der Waals surface area contributed by atoms with Gasteiger partial charge in [0.25, 0.3) is 10.2 Å². The van der Waals surface area contributed by atoms with Gasteiger partial charge in [0.05, 0.1) is 0 Å². The monoisotopic (exact) mass is 289 g/mol. The zero-order chi connectivity index (χ0) is 13.9. The summed E-state index contributed by atoms with van der Waals surface area (Å²) in [4.78, 5) is 0. The molecule has 1 aliphatic heterocycles. The van der Waals surface area contributed by atoms with E-state index in [0.717, 1.165) is 45.1 Å². The van der Waals surface area contributed by atoms with Crippen molar-refractivity contribution in [3.05, 3.63) is 0 Å². The highest BCUT2D eigenvalue weighted by molar-refractivity contribution is 7.87. The minimum Gasteiger partial charge on any atom is -0.313 e. The summed E-state index contributed by atoms with van der Waals surface area (Å²) in [6.07, 6.45) is 7.47. The topological polar surface area (TPSA) is 61.4 Å². The average Bonchev–Trinajstić information content (AvgIpc) is 2.41.